The van der Waals surface area contributed by atoms with Crippen molar-refractivity contribution in [2.75, 3.05) is 5.32 Å². The number of benzene rings is 1. The smallest absolute Gasteiger partial charge is 0.258 e. The highest BCUT2D eigenvalue weighted by molar-refractivity contribution is 6.35. The Morgan fingerprint density at radius 3 is 2.58 bits per heavy atom. The summed E-state index contributed by atoms with van der Waals surface area (Å²) in [6, 6.07) is 7.44. The van der Waals surface area contributed by atoms with Gasteiger partial charge in [0.25, 0.3) is 5.91 Å². The van der Waals surface area contributed by atoms with Gasteiger partial charge in [-0.1, -0.05) is 40.9 Å². The van der Waals surface area contributed by atoms with Gasteiger partial charge < -0.3 is 5.32 Å². The first-order valence-corrected chi connectivity index (χ1v) is 6.19. The number of nitrogens with one attached hydrogen (secondary N) is 1. The van der Waals surface area contributed by atoms with Crippen molar-refractivity contribution in [2.24, 2.45) is 0 Å². The first-order valence-electron chi connectivity index (χ1n) is 5.06. The molecule has 0 saturated heterocycles. The van der Waals surface area contributed by atoms with Gasteiger partial charge in [-0.2, -0.15) is 0 Å². The van der Waals surface area contributed by atoms with Gasteiger partial charge in [-0.05, 0) is 24.3 Å². The Morgan fingerprint density at radius 1 is 1.16 bits per heavy atom. The van der Waals surface area contributed by atoms with Crippen molar-refractivity contribution >= 4 is 46.4 Å². The number of hydrogen-bond acceptors (Lipinski definition) is 2. The fourth-order valence-corrected chi connectivity index (χ4v) is 1.97. The molecule has 0 spiro atoms. The van der Waals surface area contributed by atoms with Crippen LogP contribution >= 0.6 is 34.8 Å². The second-order valence-electron chi connectivity index (χ2n) is 3.56. The van der Waals surface area contributed by atoms with E-state index in [9.17, 15) is 9.18 Å². The molecular formula is C12H6Cl3FN2O. The van der Waals surface area contributed by atoms with Crippen LogP contribution in [0.1, 0.15) is 10.4 Å². The fourth-order valence-electron chi connectivity index (χ4n) is 1.37. The Hall–Kier alpha value is -1.36. The SMILES string of the molecule is O=C(Nc1cccc(Cl)c1)c1cc(F)c(Cl)nc1Cl. The number of hydrogen-bond donors (Lipinski definition) is 1. The molecule has 3 nitrogen and oxygen atoms in total. The quantitative estimate of drug-likeness (QED) is 0.832. The molecule has 0 fully saturated rings. The molecule has 1 amide bonds. The number of rotatable bonds is 2. The predicted molar refractivity (Wildman–Crippen MR) is 73.6 cm³/mol. The highest BCUT2D eigenvalue weighted by atomic mass is 35.5. The molecule has 1 aromatic carbocycles. The number of carbonyl (C=O) groups is 1. The zero-order valence-electron chi connectivity index (χ0n) is 9.25. The number of pyridine rings is 1. The van der Waals surface area contributed by atoms with E-state index in [1.54, 1.807) is 24.3 Å². The van der Waals surface area contributed by atoms with Crippen LogP contribution in [0.5, 0.6) is 0 Å². The minimum atomic E-state index is -0.817. The molecule has 1 heterocycles. The van der Waals surface area contributed by atoms with E-state index in [4.69, 9.17) is 34.8 Å². The number of carbonyl (C=O) groups excluding carboxylic acids is 1. The van der Waals surface area contributed by atoms with Crippen LogP contribution in [-0.4, -0.2) is 10.9 Å². The minimum Gasteiger partial charge on any atom is -0.322 e. The zero-order valence-corrected chi connectivity index (χ0v) is 11.5. The predicted octanol–water partition coefficient (Wildman–Crippen LogP) is 4.43. The maximum atomic E-state index is 13.3. The average Bonchev–Trinajstić information content (AvgIpc) is 2.33. The summed E-state index contributed by atoms with van der Waals surface area (Å²) < 4.78 is 13.3. The third-order valence-corrected chi connectivity index (χ3v) is 3.00. The maximum absolute atomic E-state index is 13.3. The Labute approximate surface area is 123 Å². The van der Waals surface area contributed by atoms with E-state index in [0.717, 1.165) is 6.07 Å². The summed E-state index contributed by atoms with van der Waals surface area (Å²) in [5, 5.41) is 2.43. The molecule has 0 saturated carbocycles. The summed E-state index contributed by atoms with van der Waals surface area (Å²) in [5.74, 6) is -1.42. The Kier molecular flexibility index (Phi) is 4.24. The van der Waals surface area contributed by atoms with Gasteiger partial charge >= 0.3 is 0 Å². The highest BCUT2D eigenvalue weighted by Crippen LogP contribution is 2.22. The van der Waals surface area contributed by atoms with Crippen LogP contribution < -0.4 is 5.32 Å². The standard InChI is InChI=1S/C12H6Cl3FN2O/c13-6-2-1-3-7(4-6)17-12(19)8-5-9(16)11(15)18-10(8)14/h1-5H,(H,17,19). The molecule has 0 unspecified atom stereocenters. The number of amides is 1. The number of anilines is 1. The molecule has 1 N–H and O–H groups in total. The molecule has 2 aromatic rings. The van der Waals surface area contributed by atoms with Crippen LogP contribution in [0.25, 0.3) is 0 Å². The van der Waals surface area contributed by atoms with Gasteiger partial charge in [0.05, 0.1) is 5.56 Å². The summed E-state index contributed by atoms with van der Waals surface area (Å²) >= 11 is 17.0. The average molecular weight is 320 g/mol. The molecule has 7 heteroatoms. The van der Waals surface area contributed by atoms with E-state index < -0.39 is 11.7 Å². The number of nitrogens with zero attached hydrogens (tertiary/aromatic N) is 1. The third-order valence-electron chi connectivity index (χ3n) is 2.21. The van der Waals surface area contributed by atoms with Crippen LogP contribution in [0.4, 0.5) is 10.1 Å². The largest absolute Gasteiger partial charge is 0.322 e. The van der Waals surface area contributed by atoms with Gasteiger partial charge in [0.2, 0.25) is 0 Å². The summed E-state index contributed by atoms with van der Waals surface area (Å²) in [5.41, 5.74) is 0.354. The van der Waals surface area contributed by atoms with Gasteiger partial charge in [0.15, 0.2) is 11.0 Å². The van der Waals surface area contributed by atoms with Crippen LogP contribution in [0.2, 0.25) is 15.3 Å². The summed E-state index contributed by atoms with van der Waals surface area (Å²) in [6.45, 7) is 0. The lowest BCUT2D eigenvalue weighted by Crippen LogP contribution is -2.13. The molecule has 0 aliphatic heterocycles. The molecule has 0 atom stereocenters. The van der Waals surface area contributed by atoms with Crippen LogP contribution in [0.3, 0.4) is 0 Å². The second-order valence-corrected chi connectivity index (χ2v) is 4.72. The molecule has 98 valence electrons. The van der Waals surface area contributed by atoms with Crippen LogP contribution in [-0.2, 0) is 0 Å². The summed E-state index contributed by atoms with van der Waals surface area (Å²) in [4.78, 5) is 15.4. The van der Waals surface area contributed by atoms with Gasteiger partial charge in [-0.3, -0.25) is 4.79 Å². The van der Waals surface area contributed by atoms with E-state index in [-0.39, 0.29) is 15.9 Å². The van der Waals surface area contributed by atoms with Crippen molar-refractivity contribution in [1.29, 1.82) is 0 Å². The van der Waals surface area contributed by atoms with E-state index in [2.05, 4.69) is 10.3 Å². The van der Waals surface area contributed by atoms with Gasteiger partial charge in [0.1, 0.15) is 5.15 Å². The molecule has 0 bridgehead atoms. The zero-order chi connectivity index (χ0) is 14.0. The fraction of sp³-hybridized carbons (Fsp3) is 0. The van der Waals surface area contributed by atoms with Gasteiger partial charge in [-0.25, -0.2) is 9.37 Å². The molecule has 0 radical (unpaired) electrons. The molecule has 0 aliphatic rings. The van der Waals surface area contributed by atoms with Crippen molar-refractivity contribution < 1.29 is 9.18 Å². The number of aromatic nitrogens is 1. The molecule has 19 heavy (non-hydrogen) atoms. The lowest BCUT2D eigenvalue weighted by Gasteiger charge is -2.07. The lowest BCUT2D eigenvalue weighted by molar-refractivity contribution is 0.102. The first-order chi connectivity index (χ1) is 8.97. The van der Waals surface area contributed by atoms with E-state index in [0.29, 0.717) is 10.7 Å². The van der Waals surface area contributed by atoms with E-state index >= 15 is 0 Å². The molecule has 0 aliphatic carbocycles. The second kappa shape index (κ2) is 5.74. The van der Waals surface area contributed by atoms with Crippen LogP contribution in [0.15, 0.2) is 30.3 Å². The third kappa shape index (κ3) is 3.35. The number of halogens is 4. The van der Waals surface area contributed by atoms with Crippen molar-refractivity contribution in [1.82, 2.24) is 4.98 Å². The van der Waals surface area contributed by atoms with Crippen molar-refractivity contribution in [2.45, 2.75) is 0 Å². The normalized spacial score (nSPS) is 10.3. The summed E-state index contributed by atoms with van der Waals surface area (Å²) in [6.07, 6.45) is 0. The maximum Gasteiger partial charge on any atom is 0.258 e. The lowest BCUT2D eigenvalue weighted by atomic mass is 10.2. The minimum absolute atomic E-state index is 0.108. The van der Waals surface area contributed by atoms with Crippen LogP contribution in [0, 0.1) is 5.82 Å². The van der Waals surface area contributed by atoms with Crippen molar-refractivity contribution in [3.63, 3.8) is 0 Å². The Bertz CT molecular complexity index is 649. The van der Waals surface area contributed by atoms with Gasteiger partial charge in [0, 0.05) is 10.7 Å². The first kappa shape index (κ1) is 14.1. The highest BCUT2D eigenvalue weighted by Gasteiger charge is 2.15. The van der Waals surface area contributed by atoms with Crippen molar-refractivity contribution in [3.8, 4) is 0 Å². The molecular weight excluding hydrogens is 314 g/mol. The molecule has 1 aromatic heterocycles. The topological polar surface area (TPSA) is 42.0 Å². The monoisotopic (exact) mass is 318 g/mol. The van der Waals surface area contributed by atoms with Crippen molar-refractivity contribution in [3.05, 3.63) is 57.0 Å². The molecule has 2 rings (SSSR count). The Morgan fingerprint density at radius 2 is 1.89 bits per heavy atom. The van der Waals surface area contributed by atoms with E-state index in [1.165, 1.54) is 0 Å². The summed E-state index contributed by atoms with van der Waals surface area (Å²) in [7, 11) is 0. The Balaban J connectivity index is 2.28. The van der Waals surface area contributed by atoms with E-state index in [1.807, 2.05) is 0 Å². The van der Waals surface area contributed by atoms with Gasteiger partial charge in [-0.15, -0.1) is 0 Å².